The fourth-order valence-corrected chi connectivity index (χ4v) is 1.32. The number of rotatable bonds is 3. The van der Waals surface area contributed by atoms with Crippen LogP contribution in [-0.4, -0.2) is 11.4 Å². The number of hydrogen-bond acceptors (Lipinski definition) is 3. The summed E-state index contributed by atoms with van der Waals surface area (Å²) in [7, 11) is 0. The van der Waals surface area contributed by atoms with Crippen molar-refractivity contribution in [1.82, 2.24) is 0 Å². The molecule has 0 amide bonds. The molecular formula is C9H9NOS. The molecule has 0 aliphatic carbocycles. The van der Waals surface area contributed by atoms with Crippen LogP contribution >= 0.6 is 11.3 Å². The molecule has 0 radical (unpaired) electrons. The van der Waals surface area contributed by atoms with E-state index in [4.69, 9.17) is 5.21 Å². The van der Waals surface area contributed by atoms with Crippen molar-refractivity contribution in [3.63, 3.8) is 0 Å². The Labute approximate surface area is 75.2 Å². The lowest BCUT2D eigenvalue weighted by Gasteiger charge is -1.77. The highest BCUT2D eigenvalue weighted by molar-refractivity contribution is 7.10. The molecule has 0 aliphatic heterocycles. The molecule has 3 heteroatoms. The summed E-state index contributed by atoms with van der Waals surface area (Å²) in [6.45, 7) is 0. The number of thiophene rings is 1. The van der Waals surface area contributed by atoms with Crippen LogP contribution in [0.2, 0.25) is 0 Å². The van der Waals surface area contributed by atoms with Crippen LogP contribution in [0, 0.1) is 0 Å². The second-order valence-electron chi connectivity index (χ2n) is 2.02. The van der Waals surface area contributed by atoms with Gasteiger partial charge in [0.15, 0.2) is 0 Å². The first-order chi connectivity index (χ1) is 5.93. The Morgan fingerprint density at radius 1 is 1.33 bits per heavy atom. The molecule has 0 fully saturated rings. The first-order valence-corrected chi connectivity index (χ1v) is 4.36. The third kappa shape index (κ3) is 3.16. The maximum atomic E-state index is 8.05. The number of allylic oxidation sites excluding steroid dienone is 3. The lowest BCUT2D eigenvalue weighted by molar-refractivity contribution is 0.322. The van der Waals surface area contributed by atoms with Crippen LogP contribution < -0.4 is 0 Å². The van der Waals surface area contributed by atoms with Crippen LogP contribution in [0.5, 0.6) is 0 Å². The maximum absolute atomic E-state index is 8.05. The van der Waals surface area contributed by atoms with Crippen molar-refractivity contribution in [3.05, 3.63) is 40.6 Å². The minimum absolute atomic E-state index is 1.21. The smallest absolute Gasteiger partial charge is 0.0661 e. The van der Waals surface area contributed by atoms with E-state index in [0.717, 1.165) is 0 Å². The molecule has 2 nitrogen and oxygen atoms in total. The van der Waals surface area contributed by atoms with Gasteiger partial charge >= 0.3 is 0 Å². The second-order valence-corrected chi connectivity index (χ2v) is 3.00. The molecule has 62 valence electrons. The van der Waals surface area contributed by atoms with E-state index in [0.29, 0.717) is 0 Å². The monoisotopic (exact) mass is 179 g/mol. The van der Waals surface area contributed by atoms with Crippen molar-refractivity contribution in [3.8, 4) is 0 Å². The zero-order valence-electron chi connectivity index (χ0n) is 6.42. The Bertz CT molecular complexity index is 285. The fraction of sp³-hybridized carbons (Fsp3) is 0. The van der Waals surface area contributed by atoms with Crippen LogP contribution in [0.1, 0.15) is 4.88 Å². The molecule has 1 rings (SSSR count). The van der Waals surface area contributed by atoms with Gasteiger partial charge in [0.2, 0.25) is 0 Å². The zero-order valence-corrected chi connectivity index (χ0v) is 7.24. The van der Waals surface area contributed by atoms with Crippen LogP contribution in [0.3, 0.4) is 0 Å². The summed E-state index contributed by atoms with van der Waals surface area (Å²) in [5.41, 5.74) is 0. The quantitative estimate of drug-likeness (QED) is 0.329. The van der Waals surface area contributed by atoms with E-state index in [1.165, 1.54) is 11.1 Å². The van der Waals surface area contributed by atoms with E-state index >= 15 is 0 Å². The van der Waals surface area contributed by atoms with Crippen molar-refractivity contribution in [2.45, 2.75) is 0 Å². The van der Waals surface area contributed by atoms with Gasteiger partial charge in [-0.3, -0.25) is 0 Å². The molecule has 0 bridgehead atoms. The SMILES string of the molecule is O/N=C/C=C/C=C/c1cccs1. The topological polar surface area (TPSA) is 32.6 Å². The van der Waals surface area contributed by atoms with Crippen LogP contribution in [0.4, 0.5) is 0 Å². The molecule has 0 saturated carbocycles. The highest BCUT2D eigenvalue weighted by Gasteiger charge is 1.81. The summed E-state index contributed by atoms with van der Waals surface area (Å²) in [5.74, 6) is 0. The summed E-state index contributed by atoms with van der Waals surface area (Å²) in [4.78, 5) is 1.21. The third-order valence-electron chi connectivity index (χ3n) is 1.18. The largest absolute Gasteiger partial charge is 0.411 e. The normalized spacial score (nSPS) is 12.3. The van der Waals surface area contributed by atoms with Gasteiger partial charge in [0.25, 0.3) is 0 Å². The van der Waals surface area contributed by atoms with Crippen molar-refractivity contribution in [2.75, 3.05) is 0 Å². The molecule has 1 heterocycles. The van der Waals surface area contributed by atoms with Gasteiger partial charge in [-0.25, -0.2) is 0 Å². The van der Waals surface area contributed by atoms with Crippen molar-refractivity contribution >= 4 is 23.6 Å². The third-order valence-corrected chi connectivity index (χ3v) is 2.02. The summed E-state index contributed by atoms with van der Waals surface area (Å²) in [5, 5.41) is 12.9. The zero-order chi connectivity index (χ0) is 8.65. The highest BCUT2D eigenvalue weighted by atomic mass is 32.1. The number of hydrogen-bond donors (Lipinski definition) is 1. The standard InChI is InChI=1S/C9H9NOS/c11-10-7-3-1-2-5-9-6-4-8-12-9/h1-8,11H/b3-1+,5-2+,10-7+. The van der Waals surface area contributed by atoms with Crippen LogP contribution in [-0.2, 0) is 0 Å². The molecule has 0 aromatic carbocycles. The minimum Gasteiger partial charge on any atom is -0.411 e. The van der Waals surface area contributed by atoms with E-state index in [9.17, 15) is 0 Å². The summed E-state index contributed by atoms with van der Waals surface area (Å²) in [6, 6.07) is 4.04. The molecule has 0 unspecified atom stereocenters. The minimum atomic E-state index is 1.21. The molecule has 0 saturated heterocycles. The van der Waals surface area contributed by atoms with Gasteiger partial charge < -0.3 is 5.21 Å². The number of oxime groups is 1. The van der Waals surface area contributed by atoms with Crippen LogP contribution in [0.25, 0.3) is 6.08 Å². The maximum Gasteiger partial charge on any atom is 0.0661 e. The predicted octanol–water partition coefficient (Wildman–Crippen LogP) is 2.78. The Balaban J connectivity index is 2.41. The van der Waals surface area contributed by atoms with E-state index in [2.05, 4.69) is 5.16 Å². The molecule has 1 aromatic rings. The Hall–Kier alpha value is -1.35. The Kier molecular flexibility index (Phi) is 3.88. The molecule has 1 aromatic heterocycles. The summed E-state index contributed by atoms with van der Waals surface area (Å²) in [6.07, 6.45) is 8.67. The first-order valence-electron chi connectivity index (χ1n) is 3.48. The molecule has 0 spiro atoms. The summed E-state index contributed by atoms with van der Waals surface area (Å²) >= 11 is 1.68. The molecule has 0 atom stereocenters. The van der Waals surface area contributed by atoms with Gasteiger partial charge in [0.05, 0.1) is 6.21 Å². The van der Waals surface area contributed by atoms with Crippen LogP contribution in [0.15, 0.2) is 40.9 Å². The predicted molar refractivity (Wildman–Crippen MR) is 52.8 cm³/mol. The Morgan fingerprint density at radius 2 is 2.25 bits per heavy atom. The van der Waals surface area contributed by atoms with Gasteiger partial charge in [-0.2, -0.15) is 0 Å². The van der Waals surface area contributed by atoms with Gasteiger partial charge in [-0.15, -0.1) is 11.3 Å². The summed E-state index contributed by atoms with van der Waals surface area (Å²) < 4.78 is 0. The first kappa shape index (κ1) is 8.74. The van der Waals surface area contributed by atoms with E-state index in [1.54, 1.807) is 23.5 Å². The van der Waals surface area contributed by atoms with Crippen molar-refractivity contribution < 1.29 is 5.21 Å². The average molecular weight is 179 g/mol. The van der Waals surface area contributed by atoms with Gasteiger partial charge in [0, 0.05) is 4.88 Å². The second kappa shape index (κ2) is 5.32. The molecule has 0 aliphatic rings. The lowest BCUT2D eigenvalue weighted by Crippen LogP contribution is -1.60. The lowest BCUT2D eigenvalue weighted by atomic mass is 10.4. The fourth-order valence-electron chi connectivity index (χ4n) is 0.689. The van der Waals surface area contributed by atoms with Gasteiger partial charge in [-0.05, 0) is 23.6 Å². The van der Waals surface area contributed by atoms with E-state index in [1.807, 2.05) is 29.7 Å². The highest BCUT2D eigenvalue weighted by Crippen LogP contribution is 2.09. The number of nitrogens with zero attached hydrogens (tertiary/aromatic N) is 1. The average Bonchev–Trinajstić information content (AvgIpc) is 2.57. The van der Waals surface area contributed by atoms with Gasteiger partial charge in [0.1, 0.15) is 0 Å². The molecular weight excluding hydrogens is 170 g/mol. The molecule has 1 N–H and O–H groups in total. The van der Waals surface area contributed by atoms with Gasteiger partial charge in [-0.1, -0.05) is 23.4 Å². The molecule has 12 heavy (non-hydrogen) atoms. The van der Waals surface area contributed by atoms with E-state index in [-0.39, 0.29) is 0 Å². The van der Waals surface area contributed by atoms with Crippen molar-refractivity contribution in [2.24, 2.45) is 5.16 Å². The van der Waals surface area contributed by atoms with E-state index < -0.39 is 0 Å². The van der Waals surface area contributed by atoms with Crippen molar-refractivity contribution in [1.29, 1.82) is 0 Å². The Morgan fingerprint density at radius 3 is 2.92 bits per heavy atom.